The SMILES string of the molecule is C.C.C.C.C.C.CC(=O)O.CC(C)=O.CC(C)=O.Cc1nc(C)n2ccnc(Cl)c12.Cc1nc(C)n2ccnc(N)c12.Cc1nc(C)n2ccnc(N)c12. The number of imidazole rings is 3. The van der Waals surface area contributed by atoms with Gasteiger partial charge in [0.05, 0.1) is 17.1 Å². The molecule has 16 heteroatoms. The summed E-state index contributed by atoms with van der Waals surface area (Å²) in [5.41, 5.74) is 16.9. The summed E-state index contributed by atoms with van der Waals surface area (Å²) in [7, 11) is 0. The molecule has 6 heterocycles. The van der Waals surface area contributed by atoms with E-state index in [2.05, 4.69) is 29.9 Å². The minimum Gasteiger partial charge on any atom is -0.481 e. The van der Waals surface area contributed by atoms with Gasteiger partial charge in [-0.25, -0.2) is 29.9 Å². The van der Waals surface area contributed by atoms with Crippen LogP contribution in [-0.4, -0.2) is 65.7 Å². The average Bonchev–Trinajstić information content (AvgIpc) is 3.54. The number of carboxylic acid groups (broad SMARTS) is 1. The highest BCUT2D eigenvalue weighted by Crippen LogP contribution is 2.19. The van der Waals surface area contributed by atoms with Crippen molar-refractivity contribution in [3.8, 4) is 0 Å². The third kappa shape index (κ3) is 18.4. The van der Waals surface area contributed by atoms with E-state index in [4.69, 9.17) is 33.0 Å². The number of carboxylic acids is 1. The Morgan fingerprint density at radius 2 is 0.759 bits per heavy atom. The maximum atomic E-state index is 9.44. The summed E-state index contributed by atoms with van der Waals surface area (Å²) in [6.07, 6.45) is 10.6. The van der Waals surface area contributed by atoms with E-state index in [0.29, 0.717) is 16.8 Å². The monoisotopic (exact) mass is 778 g/mol. The minimum atomic E-state index is -0.833. The molecule has 0 amide bonds. The van der Waals surface area contributed by atoms with Crippen LogP contribution in [0.2, 0.25) is 5.15 Å². The van der Waals surface area contributed by atoms with Crippen molar-refractivity contribution < 1.29 is 19.5 Å². The van der Waals surface area contributed by atoms with Gasteiger partial charge in [-0.1, -0.05) is 56.2 Å². The lowest BCUT2D eigenvalue weighted by molar-refractivity contribution is -0.134. The Labute approximate surface area is 328 Å². The van der Waals surface area contributed by atoms with Crippen molar-refractivity contribution in [2.75, 3.05) is 11.5 Å². The summed E-state index contributed by atoms with van der Waals surface area (Å²) >= 11 is 5.90. The van der Waals surface area contributed by atoms with E-state index in [0.717, 1.165) is 58.0 Å². The van der Waals surface area contributed by atoms with E-state index in [1.807, 2.05) is 73.3 Å². The summed E-state index contributed by atoms with van der Waals surface area (Å²) in [6.45, 7) is 18.8. The van der Waals surface area contributed by atoms with Crippen molar-refractivity contribution in [3.63, 3.8) is 0 Å². The normalized spacial score (nSPS) is 8.67. The number of hydrogen-bond donors (Lipinski definition) is 3. The molecule has 0 spiro atoms. The number of ketones is 2. The summed E-state index contributed by atoms with van der Waals surface area (Å²) in [5, 5.41) is 7.93. The third-order valence-corrected chi connectivity index (χ3v) is 6.00. The van der Waals surface area contributed by atoms with Crippen LogP contribution in [0.1, 0.15) is 114 Å². The van der Waals surface area contributed by atoms with E-state index in [9.17, 15) is 9.59 Å². The Kier molecular flexibility index (Phi) is 31.6. The van der Waals surface area contributed by atoms with Gasteiger partial charge in [0.1, 0.15) is 57.2 Å². The van der Waals surface area contributed by atoms with Crippen molar-refractivity contribution in [1.29, 1.82) is 0 Å². The molecular formula is C38H68ClN11O4. The smallest absolute Gasteiger partial charge is 0.300 e. The number of halogens is 1. The molecule has 0 aliphatic rings. The van der Waals surface area contributed by atoms with Crippen LogP contribution in [0.3, 0.4) is 0 Å². The maximum Gasteiger partial charge on any atom is 0.300 e. The van der Waals surface area contributed by atoms with Crippen molar-refractivity contribution in [1.82, 2.24) is 43.1 Å². The molecule has 0 saturated heterocycles. The topological polar surface area (TPSA) is 214 Å². The molecule has 15 nitrogen and oxygen atoms in total. The Morgan fingerprint density at radius 1 is 0.537 bits per heavy atom. The second-order valence-electron chi connectivity index (χ2n) is 10.6. The zero-order chi connectivity index (χ0) is 36.9. The maximum absolute atomic E-state index is 9.44. The number of nitrogen functional groups attached to an aromatic ring is 2. The first-order chi connectivity index (χ1) is 22.3. The van der Waals surface area contributed by atoms with Gasteiger partial charge in [0.15, 0.2) is 5.15 Å². The fourth-order valence-electron chi connectivity index (χ4n) is 4.18. The van der Waals surface area contributed by atoms with Crippen LogP contribution in [0.5, 0.6) is 0 Å². The lowest BCUT2D eigenvalue weighted by atomic mass is 10.4. The van der Waals surface area contributed by atoms with Gasteiger partial charge < -0.3 is 26.2 Å². The zero-order valence-electron chi connectivity index (χ0n) is 29.2. The molecule has 5 N–H and O–H groups in total. The summed E-state index contributed by atoms with van der Waals surface area (Å²) < 4.78 is 5.82. The van der Waals surface area contributed by atoms with Crippen molar-refractivity contribution in [2.45, 2.75) is 121 Å². The fourth-order valence-corrected chi connectivity index (χ4v) is 4.46. The van der Waals surface area contributed by atoms with E-state index in [1.54, 1.807) is 18.6 Å². The minimum absolute atomic E-state index is 0. The standard InChI is InChI=1S/C8H8ClN3.2C8H10N4.2C3H6O.C2H4O2.6CH4/c3*1-5-7-8(9)10-3-4-12(7)6(2)11-5;2*1-3(2)4;1-2(3)4;;;;;;/h3-4H,1-2H3;2*3-4H,1-2H3,(H2,9,10);2*1-2H3;1H3,(H,3,4);6*1H4. The lowest BCUT2D eigenvalue weighted by Crippen LogP contribution is -1.95. The highest BCUT2D eigenvalue weighted by atomic mass is 35.5. The van der Waals surface area contributed by atoms with Gasteiger partial charge in [0.25, 0.3) is 5.97 Å². The Balaban J connectivity index is -0.000000133. The van der Waals surface area contributed by atoms with E-state index >= 15 is 0 Å². The average molecular weight is 778 g/mol. The van der Waals surface area contributed by atoms with Gasteiger partial charge in [-0.05, 0) is 69.2 Å². The highest BCUT2D eigenvalue weighted by molar-refractivity contribution is 6.32. The molecule has 0 aliphatic heterocycles. The van der Waals surface area contributed by atoms with Crippen LogP contribution in [-0.2, 0) is 14.4 Å². The van der Waals surface area contributed by atoms with Gasteiger partial charge in [-0.15, -0.1) is 0 Å². The molecule has 0 aromatic carbocycles. The quantitative estimate of drug-likeness (QED) is 0.132. The molecular weight excluding hydrogens is 710 g/mol. The number of fused-ring (bicyclic) bond motifs is 3. The number of aromatic nitrogens is 9. The number of hydrogen-bond acceptors (Lipinski definition) is 11. The van der Waals surface area contributed by atoms with Crippen LogP contribution in [0.25, 0.3) is 16.6 Å². The number of anilines is 2. The second-order valence-corrected chi connectivity index (χ2v) is 10.9. The van der Waals surface area contributed by atoms with Crippen LogP contribution < -0.4 is 11.5 Å². The van der Waals surface area contributed by atoms with Crippen LogP contribution in [0.15, 0.2) is 37.2 Å². The lowest BCUT2D eigenvalue weighted by Gasteiger charge is -1.97. The largest absolute Gasteiger partial charge is 0.481 e. The molecule has 0 saturated carbocycles. The fraction of sp³-hybridized carbons (Fsp3) is 0.447. The van der Waals surface area contributed by atoms with Crippen LogP contribution in [0.4, 0.5) is 11.6 Å². The van der Waals surface area contributed by atoms with Crippen molar-refractivity contribution >= 4 is 57.3 Å². The number of carbonyl (C=O) groups excluding carboxylic acids is 2. The summed E-state index contributed by atoms with van der Waals surface area (Å²) in [5.74, 6) is 3.39. The van der Waals surface area contributed by atoms with Gasteiger partial charge in [-0.3, -0.25) is 18.0 Å². The molecule has 0 radical (unpaired) electrons. The number of carbonyl (C=O) groups is 3. The first-order valence-electron chi connectivity index (χ1n) is 14.5. The molecule has 306 valence electrons. The number of nitrogens with zero attached hydrogens (tertiary/aromatic N) is 9. The first-order valence-corrected chi connectivity index (χ1v) is 14.9. The molecule has 54 heavy (non-hydrogen) atoms. The molecule has 0 fully saturated rings. The van der Waals surface area contributed by atoms with Crippen LogP contribution in [0, 0.1) is 41.5 Å². The molecule has 0 unspecified atom stereocenters. The number of aryl methyl sites for hydroxylation is 6. The highest BCUT2D eigenvalue weighted by Gasteiger charge is 2.08. The zero-order valence-corrected chi connectivity index (χ0v) is 29.9. The van der Waals surface area contributed by atoms with Crippen molar-refractivity contribution in [2.24, 2.45) is 0 Å². The van der Waals surface area contributed by atoms with E-state index < -0.39 is 5.97 Å². The van der Waals surface area contributed by atoms with Gasteiger partial charge in [-0.2, -0.15) is 0 Å². The number of rotatable bonds is 0. The molecule has 0 atom stereocenters. The first kappa shape index (κ1) is 60.6. The van der Waals surface area contributed by atoms with E-state index in [1.165, 1.54) is 27.7 Å². The Morgan fingerprint density at radius 3 is 1.00 bits per heavy atom. The van der Waals surface area contributed by atoms with Crippen LogP contribution >= 0.6 is 11.6 Å². The van der Waals surface area contributed by atoms with Gasteiger partial charge in [0.2, 0.25) is 0 Å². The van der Waals surface area contributed by atoms with Gasteiger partial charge >= 0.3 is 0 Å². The van der Waals surface area contributed by atoms with Crippen molar-refractivity contribution in [3.05, 3.63) is 76.9 Å². The Bertz CT molecular complexity index is 1780. The predicted molar refractivity (Wildman–Crippen MR) is 228 cm³/mol. The molecule has 6 aromatic rings. The number of Topliss-reactive ketones (excluding diaryl/α,β-unsaturated/α-hetero) is 2. The molecule has 6 aromatic heterocycles. The molecule has 6 rings (SSSR count). The predicted octanol–water partition coefficient (Wildman–Crippen LogP) is 8.95. The second kappa shape index (κ2) is 28.1. The van der Waals surface area contributed by atoms with Gasteiger partial charge in [0, 0.05) is 44.1 Å². The Hall–Kier alpha value is -5.44. The number of aliphatic carboxylic acids is 1. The molecule has 0 aliphatic carbocycles. The summed E-state index contributed by atoms with van der Waals surface area (Å²) in [6, 6.07) is 0. The molecule has 0 bridgehead atoms. The van der Waals surface area contributed by atoms with E-state index in [-0.39, 0.29) is 56.1 Å². The number of nitrogens with two attached hydrogens (primary N) is 2. The third-order valence-electron chi connectivity index (χ3n) is 5.73. The summed E-state index contributed by atoms with van der Waals surface area (Å²) in [4.78, 5) is 52.7.